The van der Waals surface area contributed by atoms with E-state index in [-0.39, 0.29) is 24.3 Å². The number of aromatic amines is 1. The Bertz CT molecular complexity index is 1420. The van der Waals surface area contributed by atoms with E-state index in [4.69, 9.17) is 0 Å². The number of hydrogen-bond acceptors (Lipinski definition) is 3. The van der Waals surface area contributed by atoms with Gasteiger partial charge in [0.2, 0.25) is 0 Å². The second kappa shape index (κ2) is 6.68. The topological polar surface area (TPSA) is 87.1 Å². The van der Waals surface area contributed by atoms with Crippen LogP contribution in [0.5, 0.6) is 0 Å². The summed E-state index contributed by atoms with van der Waals surface area (Å²) in [6.45, 7) is 0.935. The summed E-state index contributed by atoms with van der Waals surface area (Å²) in [5, 5.41) is 14.1. The van der Waals surface area contributed by atoms with Gasteiger partial charge >= 0.3 is 0 Å². The summed E-state index contributed by atoms with van der Waals surface area (Å²) in [5.41, 5.74) is 5.53. The SMILES string of the molecule is O=C1NC(=O)C(c2cn3c4c(cccc24)CC(CO)CC3)=C1c1c[nH]c2ccccc12. The van der Waals surface area contributed by atoms with Gasteiger partial charge in [0.15, 0.2) is 0 Å². The van der Waals surface area contributed by atoms with Crippen LogP contribution in [0.2, 0.25) is 0 Å². The summed E-state index contributed by atoms with van der Waals surface area (Å²) in [6.07, 6.45) is 5.47. The van der Waals surface area contributed by atoms with Crippen molar-refractivity contribution in [3.05, 3.63) is 71.5 Å². The highest BCUT2D eigenvalue weighted by Gasteiger charge is 2.35. The number of amides is 2. The van der Waals surface area contributed by atoms with Gasteiger partial charge in [0.25, 0.3) is 11.8 Å². The molecule has 2 aliphatic heterocycles. The predicted octanol–water partition coefficient (Wildman–Crippen LogP) is 3.24. The lowest BCUT2D eigenvalue weighted by Gasteiger charge is -2.11. The number of aromatic nitrogens is 2. The van der Waals surface area contributed by atoms with Gasteiger partial charge in [0.05, 0.1) is 16.7 Å². The molecule has 0 bridgehead atoms. The zero-order valence-corrected chi connectivity index (χ0v) is 16.8. The minimum absolute atomic E-state index is 0.168. The average molecular weight is 411 g/mol. The van der Waals surface area contributed by atoms with Gasteiger partial charge in [-0.2, -0.15) is 0 Å². The van der Waals surface area contributed by atoms with Crippen molar-refractivity contribution in [1.29, 1.82) is 0 Å². The van der Waals surface area contributed by atoms with Gasteiger partial charge in [-0.1, -0.05) is 36.4 Å². The van der Waals surface area contributed by atoms with Crippen molar-refractivity contribution >= 4 is 44.8 Å². The number of hydrogen-bond donors (Lipinski definition) is 3. The van der Waals surface area contributed by atoms with Gasteiger partial charge in [0.1, 0.15) is 0 Å². The van der Waals surface area contributed by atoms with E-state index >= 15 is 0 Å². The van der Waals surface area contributed by atoms with E-state index in [1.165, 1.54) is 5.56 Å². The average Bonchev–Trinajstić information content (AvgIpc) is 3.40. The van der Waals surface area contributed by atoms with Crippen molar-refractivity contribution in [1.82, 2.24) is 14.9 Å². The van der Waals surface area contributed by atoms with Crippen LogP contribution in [-0.4, -0.2) is 33.1 Å². The van der Waals surface area contributed by atoms with Crippen molar-refractivity contribution in [2.45, 2.75) is 19.4 Å². The van der Waals surface area contributed by atoms with Crippen LogP contribution in [0, 0.1) is 5.92 Å². The predicted molar refractivity (Wildman–Crippen MR) is 119 cm³/mol. The molecule has 0 aliphatic carbocycles. The molecule has 4 heterocycles. The molecule has 3 N–H and O–H groups in total. The molecule has 6 heteroatoms. The summed E-state index contributed by atoms with van der Waals surface area (Å²) < 4.78 is 2.17. The van der Waals surface area contributed by atoms with Crippen LogP contribution < -0.4 is 5.32 Å². The van der Waals surface area contributed by atoms with Crippen molar-refractivity contribution in [2.24, 2.45) is 5.92 Å². The summed E-state index contributed by atoms with van der Waals surface area (Å²) in [4.78, 5) is 29.1. The zero-order valence-electron chi connectivity index (χ0n) is 16.8. The van der Waals surface area contributed by atoms with Crippen LogP contribution in [0.1, 0.15) is 23.1 Å². The fourth-order valence-electron chi connectivity index (χ4n) is 5.12. The van der Waals surface area contributed by atoms with Crippen molar-refractivity contribution in [3.8, 4) is 0 Å². The zero-order chi connectivity index (χ0) is 21.1. The Morgan fingerprint density at radius 1 is 0.968 bits per heavy atom. The maximum Gasteiger partial charge on any atom is 0.259 e. The number of imide groups is 1. The lowest BCUT2D eigenvalue weighted by Crippen LogP contribution is -2.22. The number of benzene rings is 2. The maximum absolute atomic E-state index is 13.0. The highest BCUT2D eigenvalue weighted by molar-refractivity contribution is 6.50. The molecule has 0 radical (unpaired) electrons. The molecule has 2 aromatic heterocycles. The molecule has 0 spiro atoms. The Hall–Kier alpha value is -3.64. The third kappa shape index (κ3) is 2.61. The number of fused-ring (bicyclic) bond motifs is 1. The highest BCUT2D eigenvalue weighted by atomic mass is 16.3. The van der Waals surface area contributed by atoms with Gasteiger partial charge in [0, 0.05) is 53.0 Å². The van der Waals surface area contributed by atoms with E-state index in [1.807, 2.05) is 42.6 Å². The maximum atomic E-state index is 13.0. The normalized spacial score (nSPS) is 18.8. The number of para-hydroxylation sites is 2. The van der Waals surface area contributed by atoms with E-state index < -0.39 is 0 Å². The van der Waals surface area contributed by atoms with E-state index in [2.05, 4.69) is 20.9 Å². The first-order chi connectivity index (χ1) is 15.2. The number of H-pyrrole nitrogens is 1. The van der Waals surface area contributed by atoms with Crippen LogP contribution in [0.4, 0.5) is 0 Å². The standard InChI is InChI=1S/C25H21N3O3/c29-13-14-8-9-28-12-19(17-6-3-4-15(10-14)23(17)28)22-21(24(30)27-25(22)31)18-11-26-20-7-2-1-5-16(18)20/h1-7,11-12,14,26,29H,8-10,13H2,(H,27,30,31). The van der Waals surface area contributed by atoms with Crippen molar-refractivity contribution in [2.75, 3.05) is 6.61 Å². The fraction of sp³-hybridized carbons (Fsp3) is 0.200. The number of rotatable bonds is 3. The summed E-state index contributed by atoms with van der Waals surface area (Å²) >= 11 is 0. The summed E-state index contributed by atoms with van der Waals surface area (Å²) in [7, 11) is 0. The van der Waals surface area contributed by atoms with Gasteiger partial charge in [-0.05, 0) is 30.4 Å². The molecule has 0 saturated carbocycles. The Morgan fingerprint density at radius 2 is 1.74 bits per heavy atom. The van der Waals surface area contributed by atoms with Crippen LogP contribution in [0.3, 0.4) is 0 Å². The number of aryl methyl sites for hydroxylation is 1. The Morgan fingerprint density at radius 3 is 2.58 bits per heavy atom. The highest BCUT2D eigenvalue weighted by Crippen LogP contribution is 2.40. The van der Waals surface area contributed by atoms with E-state index in [0.717, 1.165) is 52.3 Å². The lowest BCUT2D eigenvalue weighted by molar-refractivity contribution is -0.122. The third-order valence-corrected chi connectivity index (χ3v) is 6.59. The molecule has 2 aliphatic rings. The first-order valence-electron chi connectivity index (χ1n) is 10.5. The number of nitrogens with one attached hydrogen (secondary N) is 2. The molecule has 31 heavy (non-hydrogen) atoms. The van der Waals surface area contributed by atoms with Crippen LogP contribution in [0.25, 0.3) is 33.0 Å². The Kier molecular flexibility index (Phi) is 3.91. The molecule has 0 saturated heterocycles. The molecule has 1 atom stereocenters. The van der Waals surface area contributed by atoms with Crippen LogP contribution >= 0.6 is 0 Å². The molecule has 4 aromatic rings. The first kappa shape index (κ1) is 18.2. The quantitative estimate of drug-likeness (QED) is 0.452. The van der Waals surface area contributed by atoms with Crippen molar-refractivity contribution < 1.29 is 14.7 Å². The molecule has 154 valence electrons. The van der Waals surface area contributed by atoms with Gasteiger partial charge < -0.3 is 14.7 Å². The fourth-order valence-corrected chi connectivity index (χ4v) is 5.12. The Labute approximate surface area is 178 Å². The molecule has 6 nitrogen and oxygen atoms in total. The molecule has 1 unspecified atom stereocenters. The Balaban J connectivity index is 1.63. The number of carbonyl (C=O) groups is 2. The molecular weight excluding hydrogens is 390 g/mol. The second-order valence-corrected chi connectivity index (χ2v) is 8.37. The van der Waals surface area contributed by atoms with Gasteiger partial charge in [-0.3, -0.25) is 14.9 Å². The van der Waals surface area contributed by atoms with E-state index in [9.17, 15) is 14.7 Å². The van der Waals surface area contributed by atoms with Crippen LogP contribution in [0.15, 0.2) is 54.9 Å². The molecule has 2 aromatic carbocycles. The number of nitrogens with zero attached hydrogens (tertiary/aromatic N) is 1. The third-order valence-electron chi connectivity index (χ3n) is 6.59. The number of carbonyl (C=O) groups excluding carboxylic acids is 2. The van der Waals surface area contributed by atoms with Crippen molar-refractivity contribution in [3.63, 3.8) is 0 Å². The molecule has 0 fully saturated rings. The number of aliphatic hydroxyl groups is 1. The molecular formula is C25H21N3O3. The minimum Gasteiger partial charge on any atom is -0.396 e. The smallest absolute Gasteiger partial charge is 0.259 e. The van der Waals surface area contributed by atoms with E-state index in [0.29, 0.717) is 11.1 Å². The van der Waals surface area contributed by atoms with Gasteiger partial charge in [-0.25, -0.2) is 0 Å². The molecule has 6 rings (SSSR count). The second-order valence-electron chi connectivity index (χ2n) is 8.37. The largest absolute Gasteiger partial charge is 0.396 e. The van der Waals surface area contributed by atoms with Crippen LogP contribution in [-0.2, 0) is 22.6 Å². The minimum atomic E-state index is -0.366. The van der Waals surface area contributed by atoms with Gasteiger partial charge in [-0.15, -0.1) is 0 Å². The summed E-state index contributed by atoms with van der Waals surface area (Å²) in [6, 6.07) is 13.9. The van der Waals surface area contributed by atoms with E-state index in [1.54, 1.807) is 6.20 Å². The molecule has 2 amide bonds. The monoisotopic (exact) mass is 411 g/mol. The summed E-state index contributed by atoms with van der Waals surface area (Å²) in [5.74, 6) is -0.499. The number of aliphatic hydroxyl groups excluding tert-OH is 1. The lowest BCUT2D eigenvalue weighted by atomic mass is 9.93. The first-order valence-corrected chi connectivity index (χ1v) is 10.5.